The van der Waals surface area contributed by atoms with E-state index in [-0.39, 0.29) is 41.6 Å². The number of amides is 1. The first-order valence-corrected chi connectivity index (χ1v) is 8.13. The number of nitrogens with one attached hydrogen (secondary N) is 1. The molecule has 0 aliphatic rings. The number of rotatable bonds is 6. The molecule has 0 aliphatic carbocycles. The van der Waals surface area contributed by atoms with E-state index >= 15 is 0 Å². The molecule has 0 bridgehead atoms. The fourth-order valence-corrected chi connectivity index (χ4v) is 2.42. The molecule has 0 unspecified atom stereocenters. The summed E-state index contributed by atoms with van der Waals surface area (Å²) in [6, 6.07) is 12.6. The van der Waals surface area contributed by atoms with Gasteiger partial charge in [0.05, 0.1) is 23.9 Å². The molecule has 27 heavy (non-hydrogen) atoms. The van der Waals surface area contributed by atoms with E-state index in [1.807, 2.05) is 0 Å². The highest BCUT2D eigenvalue weighted by Gasteiger charge is 2.15. The van der Waals surface area contributed by atoms with Crippen molar-refractivity contribution >= 4 is 17.6 Å². The van der Waals surface area contributed by atoms with Crippen molar-refractivity contribution in [1.82, 2.24) is 10.1 Å². The second kappa shape index (κ2) is 8.22. The maximum atomic E-state index is 13.7. The van der Waals surface area contributed by atoms with Crippen molar-refractivity contribution in [3.8, 4) is 11.4 Å². The van der Waals surface area contributed by atoms with Crippen LogP contribution in [0.15, 0.2) is 53.1 Å². The molecule has 8 heteroatoms. The lowest BCUT2D eigenvalue weighted by Gasteiger charge is -2.08. The third-order valence-corrected chi connectivity index (χ3v) is 3.76. The summed E-state index contributed by atoms with van der Waals surface area (Å²) < 4.78 is 23.5. The summed E-state index contributed by atoms with van der Waals surface area (Å²) in [6.45, 7) is 0. The van der Waals surface area contributed by atoms with E-state index in [1.54, 1.807) is 42.5 Å². The van der Waals surface area contributed by atoms with Crippen LogP contribution in [0.4, 0.5) is 10.1 Å². The number of halogens is 1. The van der Waals surface area contributed by atoms with Gasteiger partial charge in [-0.05, 0) is 24.3 Å². The number of carbonyl (C=O) groups excluding carboxylic acids is 2. The highest BCUT2D eigenvalue weighted by atomic mass is 19.1. The van der Waals surface area contributed by atoms with E-state index < -0.39 is 11.8 Å². The minimum absolute atomic E-state index is 0.0500. The van der Waals surface area contributed by atoms with Gasteiger partial charge in [0.15, 0.2) is 0 Å². The van der Waals surface area contributed by atoms with Gasteiger partial charge in [0, 0.05) is 12.8 Å². The Morgan fingerprint density at radius 3 is 2.67 bits per heavy atom. The van der Waals surface area contributed by atoms with Crippen molar-refractivity contribution in [3.05, 3.63) is 65.8 Å². The van der Waals surface area contributed by atoms with Crippen molar-refractivity contribution in [2.45, 2.75) is 12.8 Å². The molecular weight excluding hydrogens is 353 g/mol. The molecule has 0 atom stereocenters. The Labute approximate surface area is 154 Å². The molecule has 0 saturated carbocycles. The van der Waals surface area contributed by atoms with Gasteiger partial charge in [0.1, 0.15) is 5.82 Å². The van der Waals surface area contributed by atoms with Gasteiger partial charge in [-0.1, -0.05) is 29.4 Å². The van der Waals surface area contributed by atoms with E-state index in [4.69, 9.17) is 4.52 Å². The van der Waals surface area contributed by atoms with Crippen molar-refractivity contribution in [2.24, 2.45) is 0 Å². The van der Waals surface area contributed by atoms with E-state index in [9.17, 15) is 14.0 Å². The lowest BCUT2D eigenvalue weighted by atomic mass is 10.1. The van der Waals surface area contributed by atoms with E-state index in [2.05, 4.69) is 20.2 Å². The number of nitrogens with zero attached hydrogens (tertiary/aromatic N) is 2. The van der Waals surface area contributed by atoms with Gasteiger partial charge < -0.3 is 14.6 Å². The van der Waals surface area contributed by atoms with E-state index in [0.29, 0.717) is 5.69 Å². The van der Waals surface area contributed by atoms with Crippen LogP contribution >= 0.6 is 0 Å². The Balaban J connectivity index is 1.62. The van der Waals surface area contributed by atoms with Crippen LogP contribution in [0.1, 0.15) is 22.7 Å². The van der Waals surface area contributed by atoms with Crippen LogP contribution in [-0.2, 0) is 16.0 Å². The minimum Gasteiger partial charge on any atom is -0.465 e. The first-order chi connectivity index (χ1) is 13.1. The number of esters is 1. The Morgan fingerprint density at radius 2 is 1.89 bits per heavy atom. The molecule has 1 amide bonds. The lowest BCUT2D eigenvalue weighted by Crippen LogP contribution is -2.15. The SMILES string of the molecule is COC(=O)c1ccccc1NC(=O)CCc1nc(-c2ccccc2F)no1. The number of hydrogen-bond acceptors (Lipinski definition) is 6. The van der Waals surface area contributed by atoms with Gasteiger partial charge in [-0.3, -0.25) is 4.79 Å². The third-order valence-electron chi connectivity index (χ3n) is 3.76. The Morgan fingerprint density at radius 1 is 1.15 bits per heavy atom. The summed E-state index contributed by atoms with van der Waals surface area (Å²) in [4.78, 5) is 28.0. The molecule has 138 valence electrons. The largest absolute Gasteiger partial charge is 0.465 e. The number of ether oxygens (including phenoxy) is 1. The molecule has 7 nitrogen and oxygen atoms in total. The summed E-state index contributed by atoms with van der Waals surface area (Å²) in [7, 11) is 1.27. The molecule has 3 aromatic rings. The monoisotopic (exact) mass is 369 g/mol. The van der Waals surface area contributed by atoms with Gasteiger partial charge in [-0.25, -0.2) is 9.18 Å². The average molecular weight is 369 g/mol. The maximum absolute atomic E-state index is 13.7. The van der Waals surface area contributed by atoms with Crippen LogP contribution in [0.5, 0.6) is 0 Å². The van der Waals surface area contributed by atoms with Crippen LogP contribution in [0.25, 0.3) is 11.4 Å². The smallest absolute Gasteiger partial charge is 0.339 e. The molecule has 0 fully saturated rings. The van der Waals surface area contributed by atoms with E-state index in [1.165, 1.54) is 13.2 Å². The average Bonchev–Trinajstić information content (AvgIpc) is 3.15. The Hall–Kier alpha value is -3.55. The van der Waals surface area contributed by atoms with Crippen molar-refractivity contribution in [2.75, 3.05) is 12.4 Å². The Kier molecular flexibility index (Phi) is 5.55. The van der Waals surface area contributed by atoms with Gasteiger partial charge in [0.2, 0.25) is 17.6 Å². The molecule has 2 aromatic carbocycles. The number of aromatic nitrogens is 2. The number of aryl methyl sites for hydroxylation is 1. The highest BCUT2D eigenvalue weighted by Crippen LogP contribution is 2.20. The summed E-state index contributed by atoms with van der Waals surface area (Å²) >= 11 is 0. The second-order valence-electron chi connectivity index (χ2n) is 5.58. The normalized spacial score (nSPS) is 10.4. The molecule has 1 heterocycles. The number of hydrogen-bond donors (Lipinski definition) is 1. The molecular formula is C19H16FN3O4. The van der Waals surface area contributed by atoms with Crippen molar-refractivity contribution < 1.29 is 23.2 Å². The summed E-state index contributed by atoms with van der Waals surface area (Å²) in [6.07, 6.45) is 0.224. The first kappa shape index (κ1) is 18.2. The zero-order valence-electron chi connectivity index (χ0n) is 14.4. The van der Waals surface area contributed by atoms with E-state index in [0.717, 1.165) is 0 Å². The Bertz CT molecular complexity index is 971. The van der Waals surface area contributed by atoms with Crippen LogP contribution < -0.4 is 5.32 Å². The summed E-state index contributed by atoms with van der Waals surface area (Å²) in [5, 5.41) is 6.39. The summed E-state index contributed by atoms with van der Waals surface area (Å²) in [5.41, 5.74) is 0.837. The van der Waals surface area contributed by atoms with Crippen molar-refractivity contribution in [1.29, 1.82) is 0 Å². The molecule has 0 saturated heterocycles. The first-order valence-electron chi connectivity index (χ1n) is 8.13. The van der Waals surface area contributed by atoms with Gasteiger partial charge >= 0.3 is 5.97 Å². The predicted octanol–water partition coefficient (Wildman–Crippen LogP) is 3.23. The third kappa shape index (κ3) is 4.35. The molecule has 0 aliphatic heterocycles. The molecule has 0 spiro atoms. The van der Waals surface area contributed by atoms with Gasteiger partial charge in [-0.15, -0.1) is 0 Å². The number of methoxy groups -OCH3 is 1. The summed E-state index contributed by atoms with van der Waals surface area (Å²) in [5.74, 6) is -1.000. The molecule has 1 aromatic heterocycles. The number of anilines is 1. The highest BCUT2D eigenvalue weighted by molar-refractivity contribution is 6.01. The standard InChI is InChI=1S/C19H16FN3O4/c1-26-19(25)13-7-3-5-9-15(13)21-16(24)10-11-17-22-18(23-27-17)12-6-2-4-8-14(12)20/h2-9H,10-11H2,1H3,(H,21,24). The number of para-hydroxylation sites is 1. The van der Waals surface area contributed by atoms with Crippen LogP contribution in [0.3, 0.4) is 0 Å². The maximum Gasteiger partial charge on any atom is 0.339 e. The topological polar surface area (TPSA) is 94.3 Å². The fraction of sp³-hybridized carbons (Fsp3) is 0.158. The quantitative estimate of drug-likeness (QED) is 0.671. The lowest BCUT2D eigenvalue weighted by molar-refractivity contribution is -0.116. The fourth-order valence-electron chi connectivity index (χ4n) is 2.42. The predicted molar refractivity (Wildman–Crippen MR) is 94.4 cm³/mol. The zero-order chi connectivity index (χ0) is 19.2. The zero-order valence-corrected chi connectivity index (χ0v) is 14.4. The van der Waals surface area contributed by atoms with Crippen LogP contribution in [-0.4, -0.2) is 29.1 Å². The van der Waals surface area contributed by atoms with Crippen molar-refractivity contribution in [3.63, 3.8) is 0 Å². The van der Waals surface area contributed by atoms with Crippen LogP contribution in [0, 0.1) is 5.82 Å². The molecule has 1 N–H and O–H groups in total. The number of carbonyl (C=O) groups is 2. The van der Waals surface area contributed by atoms with Gasteiger partial charge in [0.25, 0.3) is 0 Å². The molecule has 3 rings (SSSR count). The molecule has 0 radical (unpaired) electrons. The minimum atomic E-state index is -0.544. The number of benzene rings is 2. The second-order valence-corrected chi connectivity index (χ2v) is 5.58. The van der Waals surface area contributed by atoms with Gasteiger partial charge in [-0.2, -0.15) is 4.98 Å². The van der Waals surface area contributed by atoms with Crippen LogP contribution in [0.2, 0.25) is 0 Å².